The molecule has 2 saturated heterocycles. The zero-order valence-electron chi connectivity index (χ0n) is 15.2. The molecule has 4 nitrogen and oxygen atoms in total. The summed E-state index contributed by atoms with van der Waals surface area (Å²) in [6.07, 6.45) is 5.30. The molecule has 1 aromatic rings. The first-order valence-corrected chi connectivity index (χ1v) is 11.1. The average Bonchev–Trinajstić information content (AvgIpc) is 2.69. The summed E-state index contributed by atoms with van der Waals surface area (Å²) in [5, 5.41) is 0.729. The maximum atomic E-state index is 12.7. The zero-order chi connectivity index (χ0) is 18.4. The highest BCUT2D eigenvalue weighted by Gasteiger charge is 2.31. The third-order valence-corrected chi connectivity index (χ3v) is 6.44. The number of carbonyl (C=O) groups excluding carboxylic acids is 2. The van der Waals surface area contributed by atoms with E-state index in [1.165, 1.54) is 12.0 Å². The highest BCUT2D eigenvalue weighted by Crippen LogP contribution is 2.22. The summed E-state index contributed by atoms with van der Waals surface area (Å²) in [5.74, 6) is 1.67. The summed E-state index contributed by atoms with van der Waals surface area (Å²) in [5.41, 5.74) is 1.17. The summed E-state index contributed by atoms with van der Waals surface area (Å²) in [6, 6.07) is 7.74. The summed E-state index contributed by atoms with van der Waals surface area (Å²) < 4.78 is 0. The maximum Gasteiger partial charge on any atom is 0.232 e. The van der Waals surface area contributed by atoms with Crippen LogP contribution < -0.4 is 0 Å². The molecule has 0 radical (unpaired) electrons. The van der Waals surface area contributed by atoms with Crippen molar-refractivity contribution in [2.45, 2.75) is 37.9 Å². The predicted molar refractivity (Wildman–Crippen MR) is 107 cm³/mol. The van der Waals surface area contributed by atoms with Crippen molar-refractivity contribution in [2.24, 2.45) is 5.92 Å². The average molecular weight is 395 g/mol. The molecular formula is C20H27ClN2O2S. The molecule has 0 unspecified atom stereocenters. The molecule has 2 fully saturated rings. The first-order chi connectivity index (χ1) is 12.6. The van der Waals surface area contributed by atoms with Gasteiger partial charge >= 0.3 is 0 Å². The number of piperidine rings is 2. The number of benzene rings is 1. The lowest BCUT2D eigenvalue weighted by Crippen LogP contribution is -2.48. The molecule has 0 aromatic heterocycles. The number of thioether (sulfide) groups is 1. The fourth-order valence-corrected chi connectivity index (χ4v) is 4.72. The lowest BCUT2D eigenvalue weighted by atomic mass is 9.95. The molecular weight excluding hydrogens is 368 g/mol. The molecule has 0 spiro atoms. The van der Waals surface area contributed by atoms with E-state index in [0.29, 0.717) is 12.3 Å². The summed E-state index contributed by atoms with van der Waals surface area (Å²) >= 11 is 7.52. The van der Waals surface area contributed by atoms with E-state index in [4.69, 9.17) is 11.6 Å². The molecule has 2 amide bonds. The zero-order valence-corrected chi connectivity index (χ0v) is 16.7. The third kappa shape index (κ3) is 5.40. The van der Waals surface area contributed by atoms with E-state index in [-0.39, 0.29) is 17.7 Å². The molecule has 0 N–H and O–H groups in total. The van der Waals surface area contributed by atoms with Crippen LogP contribution in [-0.2, 0) is 15.3 Å². The Bertz CT molecular complexity index is 617. The Labute approximate surface area is 165 Å². The van der Waals surface area contributed by atoms with Crippen LogP contribution in [0.25, 0.3) is 0 Å². The van der Waals surface area contributed by atoms with E-state index in [2.05, 4.69) is 0 Å². The largest absolute Gasteiger partial charge is 0.342 e. The molecule has 2 heterocycles. The van der Waals surface area contributed by atoms with Gasteiger partial charge < -0.3 is 9.80 Å². The second-order valence-corrected chi connectivity index (χ2v) is 8.61. The second kappa shape index (κ2) is 9.65. The minimum Gasteiger partial charge on any atom is -0.342 e. The van der Waals surface area contributed by atoms with Gasteiger partial charge in [-0.05, 0) is 49.8 Å². The van der Waals surface area contributed by atoms with Gasteiger partial charge in [-0.15, -0.1) is 11.8 Å². The third-order valence-electron chi connectivity index (χ3n) is 5.20. The molecule has 0 bridgehead atoms. The summed E-state index contributed by atoms with van der Waals surface area (Å²) in [7, 11) is 0. The number of likely N-dealkylation sites (tertiary alicyclic amines) is 2. The van der Waals surface area contributed by atoms with Crippen LogP contribution >= 0.6 is 23.4 Å². The van der Waals surface area contributed by atoms with Gasteiger partial charge in [-0.2, -0.15) is 0 Å². The molecule has 26 heavy (non-hydrogen) atoms. The van der Waals surface area contributed by atoms with Crippen molar-refractivity contribution in [3.05, 3.63) is 34.9 Å². The number of nitrogens with zero attached hydrogens (tertiary/aromatic N) is 2. The van der Waals surface area contributed by atoms with Gasteiger partial charge in [-0.3, -0.25) is 9.59 Å². The van der Waals surface area contributed by atoms with Crippen molar-refractivity contribution < 1.29 is 9.59 Å². The first kappa shape index (κ1) is 19.6. The minimum absolute atomic E-state index is 0.00735. The van der Waals surface area contributed by atoms with Crippen LogP contribution in [-0.4, -0.2) is 53.5 Å². The smallest absolute Gasteiger partial charge is 0.232 e. The van der Waals surface area contributed by atoms with Gasteiger partial charge in [0.25, 0.3) is 0 Å². The number of rotatable bonds is 5. The SMILES string of the molecule is O=C(CSCc1ccc(Cl)cc1)N1CCC[C@@H](C(=O)N2CCCCC2)C1. The van der Waals surface area contributed by atoms with Crippen LogP contribution in [0.2, 0.25) is 5.02 Å². The highest BCUT2D eigenvalue weighted by molar-refractivity contribution is 7.99. The highest BCUT2D eigenvalue weighted by atomic mass is 35.5. The molecule has 0 saturated carbocycles. The Balaban J connectivity index is 1.45. The van der Waals surface area contributed by atoms with Gasteiger partial charge in [0.1, 0.15) is 0 Å². The van der Waals surface area contributed by atoms with Crippen molar-refractivity contribution in [3.8, 4) is 0 Å². The fourth-order valence-electron chi connectivity index (χ4n) is 3.71. The van der Waals surface area contributed by atoms with E-state index in [1.54, 1.807) is 11.8 Å². The summed E-state index contributed by atoms with van der Waals surface area (Å²) in [4.78, 5) is 29.2. The summed E-state index contributed by atoms with van der Waals surface area (Å²) in [6.45, 7) is 3.15. The molecule has 6 heteroatoms. The molecule has 3 rings (SSSR count). The maximum absolute atomic E-state index is 12.7. The van der Waals surface area contributed by atoms with Crippen LogP contribution in [0.15, 0.2) is 24.3 Å². The standard InChI is InChI=1S/C20H27ClN2O2S/c21-18-8-6-16(7-9-18)14-26-15-19(24)23-12-4-5-17(13-23)20(25)22-10-2-1-3-11-22/h6-9,17H,1-5,10-15H2/t17-/m1/s1. The number of halogens is 1. The number of hydrogen-bond acceptors (Lipinski definition) is 3. The minimum atomic E-state index is -0.00735. The van der Waals surface area contributed by atoms with Crippen LogP contribution in [0.3, 0.4) is 0 Å². The van der Waals surface area contributed by atoms with Crippen molar-refractivity contribution in [1.82, 2.24) is 9.80 Å². The van der Waals surface area contributed by atoms with E-state index in [0.717, 1.165) is 56.1 Å². The van der Waals surface area contributed by atoms with Gasteiger partial charge in [0, 0.05) is 37.0 Å². The topological polar surface area (TPSA) is 40.6 Å². The van der Waals surface area contributed by atoms with Gasteiger partial charge in [0.05, 0.1) is 11.7 Å². The van der Waals surface area contributed by atoms with Crippen LogP contribution in [0.1, 0.15) is 37.7 Å². The lowest BCUT2D eigenvalue weighted by Gasteiger charge is -2.36. The van der Waals surface area contributed by atoms with E-state index >= 15 is 0 Å². The van der Waals surface area contributed by atoms with E-state index in [9.17, 15) is 9.59 Å². The van der Waals surface area contributed by atoms with Gasteiger partial charge in [-0.25, -0.2) is 0 Å². The molecule has 2 aliphatic rings. The number of amides is 2. The molecule has 1 atom stereocenters. The number of carbonyl (C=O) groups is 2. The van der Waals surface area contributed by atoms with Crippen molar-refractivity contribution in [2.75, 3.05) is 31.9 Å². The normalized spacial score (nSPS) is 20.9. The molecule has 2 aliphatic heterocycles. The molecule has 0 aliphatic carbocycles. The Morgan fingerprint density at radius 2 is 1.69 bits per heavy atom. The fraction of sp³-hybridized carbons (Fsp3) is 0.600. The van der Waals surface area contributed by atoms with Crippen LogP contribution in [0.4, 0.5) is 0 Å². The van der Waals surface area contributed by atoms with Crippen LogP contribution in [0, 0.1) is 5.92 Å². The Kier molecular flexibility index (Phi) is 7.26. The Hall–Kier alpha value is -1.20. The van der Waals surface area contributed by atoms with E-state index < -0.39 is 0 Å². The quantitative estimate of drug-likeness (QED) is 0.762. The van der Waals surface area contributed by atoms with Crippen molar-refractivity contribution >= 4 is 35.2 Å². The predicted octanol–water partition coefficient (Wildman–Crippen LogP) is 3.82. The van der Waals surface area contributed by atoms with Gasteiger partial charge in [0.2, 0.25) is 11.8 Å². The monoisotopic (exact) mass is 394 g/mol. The Morgan fingerprint density at radius 1 is 1.00 bits per heavy atom. The number of hydrogen-bond donors (Lipinski definition) is 0. The van der Waals surface area contributed by atoms with Crippen LogP contribution in [0.5, 0.6) is 0 Å². The molecule has 142 valence electrons. The Morgan fingerprint density at radius 3 is 2.42 bits per heavy atom. The van der Waals surface area contributed by atoms with Crippen molar-refractivity contribution in [1.29, 1.82) is 0 Å². The van der Waals surface area contributed by atoms with Gasteiger partial charge in [0.15, 0.2) is 0 Å². The van der Waals surface area contributed by atoms with Crippen molar-refractivity contribution in [3.63, 3.8) is 0 Å². The first-order valence-electron chi connectivity index (χ1n) is 9.52. The molecule has 1 aromatic carbocycles. The lowest BCUT2D eigenvalue weighted by molar-refractivity contribution is -0.140. The van der Waals surface area contributed by atoms with E-state index in [1.807, 2.05) is 34.1 Å². The van der Waals surface area contributed by atoms with Gasteiger partial charge in [-0.1, -0.05) is 23.7 Å². The second-order valence-electron chi connectivity index (χ2n) is 7.18.